The Bertz CT molecular complexity index is 615. The minimum atomic E-state index is -0.102. The molecule has 20 heavy (non-hydrogen) atoms. The van der Waals surface area contributed by atoms with Crippen molar-refractivity contribution in [3.8, 4) is 0 Å². The van der Waals surface area contributed by atoms with Crippen molar-refractivity contribution in [2.45, 2.75) is 32.1 Å². The topological polar surface area (TPSA) is 42.0 Å². The molecule has 1 aliphatic rings. The minimum absolute atomic E-state index is 0.102. The first-order valence-electron chi connectivity index (χ1n) is 6.78. The average molecular weight is 351 g/mol. The zero-order valence-corrected chi connectivity index (χ0v) is 13.4. The summed E-state index contributed by atoms with van der Waals surface area (Å²) in [6.07, 6.45) is 5.85. The third-order valence-electron chi connectivity index (χ3n) is 3.40. The van der Waals surface area contributed by atoms with E-state index < -0.39 is 0 Å². The number of amides is 1. The number of carbonyl (C=O) groups is 1. The van der Waals surface area contributed by atoms with Crippen molar-refractivity contribution >= 4 is 38.3 Å². The Morgan fingerprint density at radius 3 is 2.95 bits per heavy atom. The van der Waals surface area contributed by atoms with Gasteiger partial charge < -0.3 is 0 Å². The van der Waals surface area contributed by atoms with E-state index in [0.29, 0.717) is 5.56 Å². The molecule has 0 radical (unpaired) electrons. The molecule has 104 valence electrons. The van der Waals surface area contributed by atoms with Crippen LogP contribution < -0.4 is 5.32 Å². The maximum absolute atomic E-state index is 12.2. The fraction of sp³-hybridized carbons (Fsp3) is 0.333. The van der Waals surface area contributed by atoms with E-state index in [1.807, 2.05) is 18.2 Å². The Kier molecular flexibility index (Phi) is 4.17. The molecule has 1 aliphatic carbocycles. The number of fused-ring (bicyclic) bond motifs is 1. The van der Waals surface area contributed by atoms with Gasteiger partial charge in [0.05, 0.1) is 5.69 Å². The van der Waals surface area contributed by atoms with Gasteiger partial charge in [0.15, 0.2) is 5.13 Å². The van der Waals surface area contributed by atoms with Gasteiger partial charge in [0.1, 0.15) is 0 Å². The summed E-state index contributed by atoms with van der Waals surface area (Å²) in [5.41, 5.74) is 1.82. The van der Waals surface area contributed by atoms with Gasteiger partial charge in [-0.2, -0.15) is 0 Å². The van der Waals surface area contributed by atoms with Gasteiger partial charge in [0, 0.05) is 14.9 Å². The van der Waals surface area contributed by atoms with Gasteiger partial charge in [-0.1, -0.05) is 28.4 Å². The van der Waals surface area contributed by atoms with Crippen molar-refractivity contribution in [3.63, 3.8) is 0 Å². The number of halogens is 1. The van der Waals surface area contributed by atoms with E-state index in [4.69, 9.17) is 0 Å². The third-order valence-corrected chi connectivity index (χ3v) is 4.97. The fourth-order valence-corrected chi connectivity index (χ4v) is 3.83. The Morgan fingerprint density at radius 1 is 1.25 bits per heavy atom. The molecule has 1 aromatic heterocycles. The number of nitrogens with zero attached hydrogens (tertiary/aromatic N) is 1. The molecule has 0 saturated carbocycles. The lowest BCUT2D eigenvalue weighted by molar-refractivity contribution is 0.102. The van der Waals surface area contributed by atoms with E-state index in [-0.39, 0.29) is 5.91 Å². The monoisotopic (exact) mass is 350 g/mol. The number of aryl methyl sites for hydroxylation is 2. The molecule has 0 bridgehead atoms. The lowest BCUT2D eigenvalue weighted by atomic mass is 10.2. The molecule has 1 amide bonds. The van der Waals surface area contributed by atoms with Crippen molar-refractivity contribution in [1.82, 2.24) is 4.98 Å². The van der Waals surface area contributed by atoms with Crippen molar-refractivity contribution in [2.24, 2.45) is 0 Å². The van der Waals surface area contributed by atoms with Gasteiger partial charge >= 0.3 is 0 Å². The van der Waals surface area contributed by atoms with Crippen molar-refractivity contribution in [2.75, 3.05) is 5.32 Å². The smallest absolute Gasteiger partial charge is 0.257 e. The number of benzene rings is 1. The Hall–Kier alpha value is -1.20. The molecule has 2 aromatic rings. The molecule has 3 nitrogen and oxygen atoms in total. The van der Waals surface area contributed by atoms with Crippen LogP contribution in [0.5, 0.6) is 0 Å². The normalized spacial score (nSPS) is 14.4. The van der Waals surface area contributed by atoms with Crippen molar-refractivity contribution in [3.05, 3.63) is 44.9 Å². The lowest BCUT2D eigenvalue weighted by Gasteiger charge is -2.02. The average Bonchev–Trinajstić information content (AvgIpc) is 2.68. The maximum Gasteiger partial charge on any atom is 0.257 e. The summed E-state index contributed by atoms with van der Waals surface area (Å²) in [6, 6.07) is 7.38. The number of hydrogen-bond acceptors (Lipinski definition) is 3. The highest BCUT2D eigenvalue weighted by Gasteiger charge is 2.16. The summed E-state index contributed by atoms with van der Waals surface area (Å²) in [6.45, 7) is 0. The van der Waals surface area contributed by atoms with E-state index >= 15 is 0 Å². The first-order valence-corrected chi connectivity index (χ1v) is 8.39. The summed E-state index contributed by atoms with van der Waals surface area (Å²) >= 11 is 5.00. The molecule has 0 atom stereocenters. The number of rotatable bonds is 2. The molecule has 1 aromatic carbocycles. The molecule has 0 spiro atoms. The highest BCUT2D eigenvalue weighted by atomic mass is 79.9. The quantitative estimate of drug-likeness (QED) is 0.814. The second-order valence-corrected chi connectivity index (χ2v) is 6.91. The summed E-state index contributed by atoms with van der Waals surface area (Å²) in [5.74, 6) is -0.102. The van der Waals surface area contributed by atoms with Crippen LogP contribution in [-0.2, 0) is 12.8 Å². The van der Waals surface area contributed by atoms with Crippen LogP contribution in [-0.4, -0.2) is 10.9 Å². The predicted octanol–water partition coefficient (Wildman–Crippen LogP) is 4.43. The Balaban J connectivity index is 1.76. The van der Waals surface area contributed by atoms with Crippen LogP contribution in [0.2, 0.25) is 0 Å². The molecular formula is C15H15BrN2OS. The van der Waals surface area contributed by atoms with Crippen LogP contribution in [0.15, 0.2) is 28.7 Å². The molecule has 1 heterocycles. The molecule has 0 saturated heterocycles. The Morgan fingerprint density at radius 2 is 2.10 bits per heavy atom. The number of nitrogens with one attached hydrogen (secondary N) is 1. The van der Waals surface area contributed by atoms with E-state index in [1.165, 1.54) is 29.8 Å². The van der Waals surface area contributed by atoms with Gasteiger partial charge in [0.25, 0.3) is 5.91 Å². The summed E-state index contributed by atoms with van der Waals surface area (Å²) in [7, 11) is 0. The predicted molar refractivity (Wildman–Crippen MR) is 85.5 cm³/mol. The third kappa shape index (κ3) is 3.10. The van der Waals surface area contributed by atoms with Crippen LogP contribution in [0.3, 0.4) is 0 Å². The number of thiazole rings is 1. The van der Waals surface area contributed by atoms with Crippen LogP contribution in [0.4, 0.5) is 5.13 Å². The van der Waals surface area contributed by atoms with Crippen LogP contribution >= 0.6 is 27.3 Å². The van der Waals surface area contributed by atoms with Gasteiger partial charge in [-0.3, -0.25) is 10.1 Å². The molecule has 0 aliphatic heterocycles. The molecule has 1 N–H and O–H groups in total. The first-order chi connectivity index (χ1) is 9.72. The SMILES string of the molecule is O=C(Nc1nc2c(s1)CCCCC2)c1cccc(Br)c1. The summed E-state index contributed by atoms with van der Waals surface area (Å²) in [4.78, 5) is 18.1. The number of hydrogen-bond donors (Lipinski definition) is 1. The van der Waals surface area contributed by atoms with Crippen LogP contribution in [0, 0.1) is 0 Å². The van der Waals surface area contributed by atoms with E-state index in [2.05, 4.69) is 26.2 Å². The number of anilines is 1. The molecule has 3 rings (SSSR count). The molecule has 5 heteroatoms. The highest BCUT2D eigenvalue weighted by Crippen LogP contribution is 2.29. The maximum atomic E-state index is 12.2. The minimum Gasteiger partial charge on any atom is -0.298 e. The van der Waals surface area contributed by atoms with Crippen LogP contribution in [0.25, 0.3) is 0 Å². The molecular weight excluding hydrogens is 336 g/mol. The highest BCUT2D eigenvalue weighted by molar-refractivity contribution is 9.10. The van der Waals surface area contributed by atoms with E-state index in [9.17, 15) is 4.79 Å². The molecule has 0 fully saturated rings. The van der Waals surface area contributed by atoms with E-state index in [1.54, 1.807) is 17.4 Å². The second kappa shape index (κ2) is 6.06. The zero-order chi connectivity index (χ0) is 13.9. The number of carbonyl (C=O) groups excluding carboxylic acids is 1. The van der Waals surface area contributed by atoms with Crippen molar-refractivity contribution in [1.29, 1.82) is 0 Å². The van der Waals surface area contributed by atoms with Gasteiger partial charge in [0.2, 0.25) is 0 Å². The number of aromatic nitrogens is 1. The standard InChI is InChI=1S/C15H15BrN2OS/c16-11-6-4-5-10(9-11)14(19)18-15-17-12-7-2-1-3-8-13(12)20-15/h4-6,9H,1-3,7-8H2,(H,17,18,19). The summed E-state index contributed by atoms with van der Waals surface area (Å²) < 4.78 is 0.903. The van der Waals surface area contributed by atoms with Gasteiger partial charge in [-0.25, -0.2) is 4.98 Å². The van der Waals surface area contributed by atoms with Crippen LogP contribution in [0.1, 0.15) is 40.2 Å². The van der Waals surface area contributed by atoms with E-state index in [0.717, 1.165) is 22.4 Å². The largest absolute Gasteiger partial charge is 0.298 e. The molecule has 0 unspecified atom stereocenters. The fourth-order valence-electron chi connectivity index (χ4n) is 2.38. The second-order valence-electron chi connectivity index (χ2n) is 4.91. The Labute approximate surface area is 130 Å². The van der Waals surface area contributed by atoms with Gasteiger partial charge in [-0.15, -0.1) is 11.3 Å². The lowest BCUT2D eigenvalue weighted by Crippen LogP contribution is -2.11. The van der Waals surface area contributed by atoms with Crippen molar-refractivity contribution < 1.29 is 4.79 Å². The summed E-state index contributed by atoms with van der Waals surface area (Å²) in [5, 5.41) is 3.63. The van der Waals surface area contributed by atoms with Gasteiger partial charge in [-0.05, 0) is 43.9 Å². The zero-order valence-electron chi connectivity index (χ0n) is 11.0. The first kappa shape index (κ1) is 13.8.